The predicted octanol–water partition coefficient (Wildman–Crippen LogP) is 2.18. The van der Waals surface area contributed by atoms with Gasteiger partial charge in [-0.3, -0.25) is 4.79 Å². The molecule has 0 radical (unpaired) electrons. The fourth-order valence-corrected chi connectivity index (χ4v) is 1.90. The van der Waals surface area contributed by atoms with Crippen LogP contribution >= 0.6 is 24.2 Å². The zero-order chi connectivity index (χ0) is 11.7. The Morgan fingerprint density at radius 2 is 2.00 bits per heavy atom. The van der Waals surface area contributed by atoms with Crippen molar-refractivity contribution in [3.63, 3.8) is 0 Å². The molecule has 0 spiro atoms. The van der Waals surface area contributed by atoms with Gasteiger partial charge in [0, 0.05) is 6.04 Å². The lowest BCUT2D eigenvalue weighted by molar-refractivity contribution is -0.123. The van der Waals surface area contributed by atoms with Crippen molar-refractivity contribution in [1.29, 1.82) is 0 Å². The summed E-state index contributed by atoms with van der Waals surface area (Å²) in [5, 5.41) is 3.00. The van der Waals surface area contributed by atoms with E-state index in [1.807, 2.05) is 6.26 Å². The van der Waals surface area contributed by atoms with Crippen LogP contribution in [0, 0.1) is 0 Å². The maximum atomic E-state index is 11.6. The van der Waals surface area contributed by atoms with Gasteiger partial charge in [-0.15, -0.1) is 12.4 Å². The molecule has 16 heavy (non-hydrogen) atoms. The minimum atomic E-state index is -0.344. The van der Waals surface area contributed by atoms with Gasteiger partial charge >= 0.3 is 0 Å². The van der Waals surface area contributed by atoms with Gasteiger partial charge < -0.3 is 11.1 Å². The number of amides is 1. The van der Waals surface area contributed by atoms with Gasteiger partial charge in [-0.2, -0.15) is 11.8 Å². The molecule has 5 heteroatoms. The second-order valence-corrected chi connectivity index (χ2v) is 4.78. The molecule has 0 aromatic carbocycles. The molecule has 0 fully saturated rings. The first-order valence-electron chi connectivity index (χ1n) is 5.70. The lowest BCUT2D eigenvalue weighted by Crippen LogP contribution is -2.45. The Balaban J connectivity index is 0. The summed E-state index contributed by atoms with van der Waals surface area (Å²) in [4.78, 5) is 11.6. The van der Waals surface area contributed by atoms with Crippen molar-refractivity contribution in [2.24, 2.45) is 5.73 Å². The van der Waals surface area contributed by atoms with Crippen LogP contribution in [0.4, 0.5) is 0 Å². The van der Waals surface area contributed by atoms with Gasteiger partial charge in [0.15, 0.2) is 0 Å². The normalized spacial score (nSPS) is 13.8. The van der Waals surface area contributed by atoms with Crippen LogP contribution in [-0.4, -0.2) is 30.0 Å². The molecule has 0 aliphatic heterocycles. The summed E-state index contributed by atoms with van der Waals surface area (Å²) in [5.74, 6) is 0.948. The van der Waals surface area contributed by atoms with E-state index in [2.05, 4.69) is 19.2 Å². The second-order valence-electron chi connectivity index (χ2n) is 3.79. The number of rotatable bonds is 8. The van der Waals surface area contributed by atoms with E-state index >= 15 is 0 Å². The van der Waals surface area contributed by atoms with Gasteiger partial charge in [0.25, 0.3) is 0 Å². The van der Waals surface area contributed by atoms with E-state index in [0.29, 0.717) is 6.04 Å². The third-order valence-corrected chi connectivity index (χ3v) is 3.09. The van der Waals surface area contributed by atoms with Crippen molar-refractivity contribution in [3.05, 3.63) is 0 Å². The fraction of sp³-hybridized carbons (Fsp3) is 0.909. The summed E-state index contributed by atoms with van der Waals surface area (Å²) >= 11 is 1.72. The molecule has 0 aliphatic carbocycles. The Labute approximate surface area is 110 Å². The van der Waals surface area contributed by atoms with E-state index in [9.17, 15) is 4.79 Å². The Morgan fingerprint density at radius 3 is 2.44 bits per heavy atom. The number of carbonyl (C=O) groups excluding carboxylic acids is 1. The summed E-state index contributed by atoms with van der Waals surface area (Å²) in [5.41, 5.74) is 5.78. The molecule has 98 valence electrons. The molecule has 0 rings (SSSR count). The zero-order valence-corrected chi connectivity index (χ0v) is 12.1. The fourth-order valence-electron chi connectivity index (χ4n) is 1.41. The number of thioether (sulfide) groups is 1. The number of halogens is 1. The average molecular weight is 269 g/mol. The first kappa shape index (κ1) is 18.4. The number of hydrogen-bond acceptors (Lipinski definition) is 3. The molecule has 3 N–H and O–H groups in total. The van der Waals surface area contributed by atoms with Gasteiger partial charge in [0.05, 0.1) is 6.04 Å². The van der Waals surface area contributed by atoms with Crippen LogP contribution in [0.2, 0.25) is 0 Å². The summed E-state index contributed by atoms with van der Waals surface area (Å²) < 4.78 is 0. The highest BCUT2D eigenvalue weighted by Gasteiger charge is 2.15. The van der Waals surface area contributed by atoms with Gasteiger partial charge in [-0.25, -0.2) is 0 Å². The topological polar surface area (TPSA) is 55.1 Å². The van der Waals surface area contributed by atoms with Crippen molar-refractivity contribution in [1.82, 2.24) is 5.32 Å². The maximum Gasteiger partial charge on any atom is 0.237 e. The van der Waals surface area contributed by atoms with Gasteiger partial charge in [0.2, 0.25) is 5.91 Å². The minimum Gasteiger partial charge on any atom is -0.352 e. The standard InChI is InChI=1S/C11H24N2OS.ClH/c1-4-6-9(5-2)13-11(14)10(12)7-8-15-3;/h9-10H,4-8,12H2,1-3H3,(H,13,14);1H/t9?,10-;/m0./s1. The molecule has 2 atom stereocenters. The summed E-state index contributed by atoms with van der Waals surface area (Å²) in [7, 11) is 0. The molecule has 3 nitrogen and oxygen atoms in total. The smallest absolute Gasteiger partial charge is 0.237 e. The third-order valence-electron chi connectivity index (χ3n) is 2.45. The van der Waals surface area contributed by atoms with Crippen LogP contribution in [-0.2, 0) is 4.79 Å². The molecule has 1 amide bonds. The second kappa shape index (κ2) is 11.6. The van der Waals surface area contributed by atoms with Crippen LogP contribution in [0.1, 0.15) is 39.5 Å². The summed E-state index contributed by atoms with van der Waals surface area (Å²) in [6.07, 6.45) is 5.90. The van der Waals surface area contributed by atoms with Crippen LogP contribution < -0.4 is 11.1 Å². The van der Waals surface area contributed by atoms with E-state index < -0.39 is 0 Å². The Hall–Kier alpha value is 0.0700. The minimum absolute atomic E-state index is 0. The molecule has 0 heterocycles. The monoisotopic (exact) mass is 268 g/mol. The van der Waals surface area contributed by atoms with Crippen molar-refractivity contribution >= 4 is 30.1 Å². The maximum absolute atomic E-state index is 11.6. The van der Waals surface area contributed by atoms with Crippen LogP contribution in [0.5, 0.6) is 0 Å². The highest BCUT2D eigenvalue weighted by molar-refractivity contribution is 7.98. The van der Waals surface area contributed by atoms with Crippen molar-refractivity contribution in [3.8, 4) is 0 Å². The van der Waals surface area contributed by atoms with Gasteiger partial charge in [-0.1, -0.05) is 20.3 Å². The highest BCUT2D eigenvalue weighted by atomic mass is 35.5. The lowest BCUT2D eigenvalue weighted by Gasteiger charge is -2.19. The number of carbonyl (C=O) groups is 1. The molecule has 0 saturated carbocycles. The predicted molar refractivity (Wildman–Crippen MR) is 75.4 cm³/mol. The Kier molecular flexibility index (Phi) is 13.3. The molecular weight excluding hydrogens is 244 g/mol. The molecule has 0 aromatic heterocycles. The van der Waals surface area contributed by atoms with E-state index in [1.54, 1.807) is 11.8 Å². The van der Waals surface area contributed by atoms with E-state index in [4.69, 9.17) is 5.73 Å². The van der Waals surface area contributed by atoms with Crippen LogP contribution in [0.25, 0.3) is 0 Å². The van der Waals surface area contributed by atoms with Gasteiger partial charge in [-0.05, 0) is 31.3 Å². The number of nitrogens with one attached hydrogen (secondary N) is 1. The molecule has 0 bridgehead atoms. The van der Waals surface area contributed by atoms with E-state index in [0.717, 1.165) is 31.4 Å². The Bertz CT molecular complexity index is 181. The van der Waals surface area contributed by atoms with Crippen molar-refractivity contribution in [2.75, 3.05) is 12.0 Å². The highest BCUT2D eigenvalue weighted by Crippen LogP contribution is 2.03. The summed E-state index contributed by atoms with van der Waals surface area (Å²) in [6.45, 7) is 4.22. The largest absolute Gasteiger partial charge is 0.352 e. The van der Waals surface area contributed by atoms with E-state index in [-0.39, 0.29) is 24.4 Å². The quantitative estimate of drug-likeness (QED) is 0.710. The molecular formula is C11H25ClN2OS. The zero-order valence-electron chi connectivity index (χ0n) is 10.5. The Morgan fingerprint density at radius 1 is 1.38 bits per heavy atom. The number of nitrogens with two attached hydrogens (primary N) is 1. The summed E-state index contributed by atoms with van der Waals surface area (Å²) in [6, 6.07) is -0.0498. The molecule has 0 saturated heterocycles. The van der Waals surface area contributed by atoms with Gasteiger partial charge in [0.1, 0.15) is 0 Å². The number of hydrogen-bond donors (Lipinski definition) is 2. The first-order valence-corrected chi connectivity index (χ1v) is 7.09. The lowest BCUT2D eigenvalue weighted by atomic mass is 10.1. The first-order chi connectivity index (χ1) is 7.15. The van der Waals surface area contributed by atoms with Crippen molar-refractivity contribution in [2.45, 2.75) is 51.6 Å². The van der Waals surface area contributed by atoms with Crippen molar-refractivity contribution < 1.29 is 4.79 Å². The van der Waals surface area contributed by atoms with Crippen LogP contribution in [0.15, 0.2) is 0 Å². The van der Waals surface area contributed by atoms with E-state index in [1.165, 1.54) is 0 Å². The molecule has 0 aromatic rings. The SMILES string of the molecule is CCCC(CC)NC(=O)[C@@H](N)CCSC.Cl. The van der Waals surface area contributed by atoms with Crippen LogP contribution in [0.3, 0.4) is 0 Å². The molecule has 1 unspecified atom stereocenters. The third kappa shape index (κ3) is 8.25. The molecule has 0 aliphatic rings. The average Bonchev–Trinajstić information content (AvgIpc) is 2.24.